The summed E-state index contributed by atoms with van der Waals surface area (Å²) in [5, 5.41) is 13.1. The molecule has 2 aromatic rings. The first-order valence-corrected chi connectivity index (χ1v) is 7.33. The van der Waals surface area contributed by atoms with Gasteiger partial charge in [0.05, 0.1) is 24.6 Å². The van der Waals surface area contributed by atoms with E-state index >= 15 is 0 Å². The lowest BCUT2D eigenvalue weighted by molar-refractivity contribution is 0.106. The second-order valence-electron chi connectivity index (χ2n) is 4.82. The molecule has 0 saturated heterocycles. The molecular formula is C18H19N3O2. The molecule has 0 aromatic heterocycles. The molecule has 0 heterocycles. The summed E-state index contributed by atoms with van der Waals surface area (Å²) in [4.78, 5) is 16.8. The van der Waals surface area contributed by atoms with Crippen molar-refractivity contribution >= 4 is 22.9 Å². The second-order valence-corrected chi connectivity index (χ2v) is 4.82. The Morgan fingerprint density at radius 1 is 1.04 bits per heavy atom. The fourth-order valence-corrected chi connectivity index (χ4v) is 1.95. The van der Waals surface area contributed by atoms with E-state index in [4.69, 9.17) is 5.11 Å². The number of rotatable bonds is 7. The van der Waals surface area contributed by atoms with Crippen LogP contribution in [-0.2, 0) is 0 Å². The number of aliphatic imine (C=N–C) groups is 1. The van der Waals surface area contributed by atoms with Gasteiger partial charge in [-0.25, -0.2) is 0 Å². The average molecular weight is 309 g/mol. The molecule has 0 spiro atoms. The Labute approximate surface area is 135 Å². The molecule has 2 N–H and O–H groups in total. The number of aliphatic hydroxyl groups is 1. The van der Waals surface area contributed by atoms with Gasteiger partial charge in [-0.05, 0) is 19.1 Å². The van der Waals surface area contributed by atoms with E-state index in [0.29, 0.717) is 11.3 Å². The maximum absolute atomic E-state index is 12.7. The molecule has 0 aliphatic rings. The van der Waals surface area contributed by atoms with Gasteiger partial charge in [-0.2, -0.15) is 5.10 Å². The van der Waals surface area contributed by atoms with Gasteiger partial charge in [-0.1, -0.05) is 48.5 Å². The highest BCUT2D eigenvalue weighted by Gasteiger charge is 2.17. The van der Waals surface area contributed by atoms with Gasteiger partial charge < -0.3 is 5.11 Å². The van der Waals surface area contributed by atoms with Crippen molar-refractivity contribution < 1.29 is 9.90 Å². The number of hydrogen-bond acceptors (Lipinski definition) is 5. The number of benzene rings is 2. The van der Waals surface area contributed by atoms with E-state index in [9.17, 15) is 4.79 Å². The molecular weight excluding hydrogens is 290 g/mol. The monoisotopic (exact) mass is 309 g/mol. The van der Waals surface area contributed by atoms with Gasteiger partial charge in [-0.15, -0.1) is 0 Å². The largest absolute Gasteiger partial charge is 0.394 e. The van der Waals surface area contributed by atoms with Crippen LogP contribution in [0.2, 0.25) is 0 Å². The van der Waals surface area contributed by atoms with Crippen LogP contribution in [0.25, 0.3) is 0 Å². The number of para-hydroxylation sites is 1. The number of anilines is 1. The van der Waals surface area contributed by atoms with Gasteiger partial charge in [0.15, 0.2) is 5.71 Å². The van der Waals surface area contributed by atoms with E-state index in [1.165, 1.54) is 0 Å². The van der Waals surface area contributed by atoms with Crippen LogP contribution in [0.15, 0.2) is 70.8 Å². The number of nitrogens with one attached hydrogen (secondary N) is 1. The third-order valence-electron chi connectivity index (χ3n) is 3.11. The molecule has 2 rings (SSSR count). The van der Waals surface area contributed by atoms with Crippen molar-refractivity contribution in [3.8, 4) is 0 Å². The third-order valence-corrected chi connectivity index (χ3v) is 3.11. The van der Waals surface area contributed by atoms with E-state index in [-0.39, 0.29) is 24.6 Å². The topological polar surface area (TPSA) is 74.1 Å². The highest BCUT2D eigenvalue weighted by atomic mass is 16.3. The van der Waals surface area contributed by atoms with Crippen molar-refractivity contribution in [3.63, 3.8) is 0 Å². The summed E-state index contributed by atoms with van der Waals surface area (Å²) in [6, 6.07) is 18.3. The Balaban J connectivity index is 2.30. The van der Waals surface area contributed by atoms with Gasteiger partial charge in [0.25, 0.3) is 0 Å². The normalized spacial score (nSPS) is 12.1. The van der Waals surface area contributed by atoms with Crippen molar-refractivity contribution in [1.82, 2.24) is 0 Å². The summed E-state index contributed by atoms with van der Waals surface area (Å²) >= 11 is 0. The number of aliphatic hydroxyl groups excluding tert-OH is 1. The van der Waals surface area contributed by atoms with Crippen molar-refractivity contribution in [3.05, 3.63) is 66.2 Å². The van der Waals surface area contributed by atoms with Gasteiger partial charge in [0.1, 0.15) is 0 Å². The van der Waals surface area contributed by atoms with Crippen molar-refractivity contribution in [2.75, 3.05) is 18.6 Å². The van der Waals surface area contributed by atoms with Crippen LogP contribution in [0.1, 0.15) is 17.3 Å². The number of hydrogen-bond donors (Lipinski definition) is 2. The lowest BCUT2D eigenvalue weighted by Crippen LogP contribution is -2.24. The predicted octanol–water partition coefficient (Wildman–Crippen LogP) is 2.79. The minimum absolute atomic E-state index is 0.0732. The first-order valence-electron chi connectivity index (χ1n) is 7.33. The Morgan fingerprint density at radius 2 is 1.65 bits per heavy atom. The summed E-state index contributed by atoms with van der Waals surface area (Å²) in [6.07, 6.45) is 0. The first-order chi connectivity index (χ1) is 11.2. The quantitative estimate of drug-likeness (QED) is 0.469. The molecule has 23 heavy (non-hydrogen) atoms. The van der Waals surface area contributed by atoms with Crippen LogP contribution in [-0.4, -0.2) is 35.5 Å². The van der Waals surface area contributed by atoms with Crippen LogP contribution < -0.4 is 5.43 Å². The van der Waals surface area contributed by atoms with Crippen molar-refractivity contribution in [1.29, 1.82) is 0 Å². The van der Waals surface area contributed by atoms with Crippen LogP contribution in [0, 0.1) is 0 Å². The molecule has 5 nitrogen and oxygen atoms in total. The number of carbonyl (C=O) groups is 1. The Hall–Kier alpha value is -2.79. The molecule has 2 aromatic carbocycles. The van der Waals surface area contributed by atoms with Crippen LogP contribution in [0.3, 0.4) is 0 Å². The number of ketones is 1. The van der Waals surface area contributed by atoms with E-state index in [2.05, 4.69) is 15.5 Å². The Kier molecular flexibility index (Phi) is 6.20. The zero-order chi connectivity index (χ0) is 16.5. The molecule has 0 aliphatic heterocycles. The summed E-state index contributed by atoms with van der Waals surface area (Å²) < 4.78 is 0. The molecule has 118 valence electrons. The van der Waals surface area contributed by atoms with Crippen molar-refractivity contribution in [2.45, 2.75) is 6.92 Å². The fourth-order valence-electron chi connectivity index (χ4n) is 1.95. The second kappa shape index (κ2) is 8.60. The maximum Gasteiger partial charge on any atom is 0.215 e. The number of Topliss-reactive ketones (excluding diaryl/α,β-unsaturated/α-hetero) is 1. The molecule has 0 unspecified atom stereocenters. The van der Waals surface area contributed by atoms with E-state index in [1.807, 2.05) is 36.4 Å². The number of carbonyl (C=O) groups excluding carboxylic acids is 1. The van der Waals surface area contributed by atoms with E-state index < -0.39 is 0 Å². The first kappa shape index (κ1) is 16.6. The summed E-state index contributed by atoms with van der Waals surface area (Å²) in [7, 11) is 0. The molecule has 0 bridgehead atoms. The summed E-state index contributed by atoms with van der Waals surface area (Å²) in [6.45, 7) is 1.87. The lowest BCUT2D eigenvalue weighted by atomic mass is 10.0. The molecule has 0 amide bonds. The minimum Gasteiger partial charge on any atom is -0.394 e. The van der Waals surface area contributed by atoms with Crippen LogP contribution in [0.5, 0.6) is 0 Å². The number of hydrazone groups is 1. The Morgan fingerprint density at radius 3 is 2.26 bits per heavy atom. The summed E-state index contributed by atoms with van der Waals surface area (Å²) in [5.41, 5.74) is 4.91. The standard InChI is InChI=1S/C18H19N3O2/c1-14(19-12-13-22)17(18(23)15-8-4-2-5-9-15)21-20-16-10-6-3-7-11-16/h2-11,20,22H,12-13H2,1H3/b19-14?,21-17-. The minimum atomic E-state index is -0.215. The zero-order valence-electron chi connectivity index (χ0n) is 12.9. The lowest BCUT2D eigenvalue weighted by Gasteiger charge is -2.07. The Bertz CT molecular complexity index is 695. The third kappa shape index (κ3) is 4.86. The van der Waals surface area contributed by atoms with Gasteiger partial charge in [-0.3, -0.25) is 15.2 Å². The SMILES string of the molecule is CC(=NCCO)/C(=N/Nc1ccccc1)C(=O)c1ccccc1. The van der Waals surface area contributed by atoms with E-state index in [0.717, 1.165) is 5.69 Å². The van der Waals surface area contributed by atoms with E-state index in [1.54, 1.807) is 31.2 Å². The van der Waals surface area contributed by atoms with Gasteiger partial charge in [0, 0.05) is 5.56 Å². The highest BCUT2D eigenvalue weighted by molar-refractivity contribution is 6.70. The van der Waals surface area contributed by atoms with Gasteiger partial charge >= 0.3 is 0 Å². The molecule has 0 saturated carbocycles. The molecule has 0 radical (unpaired) electrons. The van der Waals surface area contributed by atoms with Crippen LogP contribution >= 0.6 is 0 Å². The molecule has 0 atom stereocenters. The molecule has 0 fully saturated rings. The molecule has 5 heteroatoms. The van der Waals surface area contributed by atoms with Gasteiger partial charge in [0.2, 0.25) is 5.78 Å². The van der Waals surface area contributed by atoms with Crippen molar-refractivity contribution in [2.24, 2.45) is 10.1 Å². The summed E-state index contributed by atoms with van der Waals surface area (Å²) in [5.74, 6) is -0.215. The van der Waals surface area contributed by atoms with Crippen LogP contribution in [0.4, 0.5) is 5.69 Å². The average Bonchev–Trinajstić information content (AvgIpc) is 2.61. The predicted molar refractivity (Wildman–Crippen MR) is 93.3 cm³/mol. The fraction of sp³-hybridized carbons (Fsp3) is 0.167. The smallest absolute Gasteiger partial charge is 0.215 e. The zero-order valence-corrected chi connectivity index (χ0v) is 12.9. The molecule has 0 aliphatic carbocycles. The number of nitrogens with zero attached hydrogens (tertiary/aromatic N) is 2. The highest BCUT2D eigenvalue weighted by Crippen LogP contribution is 2.07. The maximum atomic E-state index is 12.7.